The average molecular weight is 239 g/mol. The highest BCUT2D eigenvalue weighted by molar-refractivity contribution is 6.17. The molecule has 0 amide bonds. The van der Waals surface area contributed by atoms with Gasteiger partial charge in [-0.25, -0.2) is 4.98 Å². The van der Waals surface area contributed by atoms with Crippen LogP contribution in [0.15, 0.2) is 24.3 Å². The number of alkyl halides is 1. The van der Waals surface area contributed by atoms with E-state index in [1.807, 2.05) is 25.1 Å². The van der Waals surface area contributed by atoms with Crippen LogP contribution < -0.4 is 0 Å². The van der Waals surface area contributed by atoms with Crippen molar-refractivity contribution in [3.63, 3.8) is 0 Å². The largest absolute Gasteiger partial charge is 0.378 e. The van der Waals surface area contributed by atoms with Gasteiger partial charge in [-0.15, -0.1) is 11.6 Å². The third-order valence-electron chi connectivity index (χ3n) is 2.53. The molecule has 0 aliphatic rings. The van der Waals surface area contributed by atoms with Gasteiger partial charge in [-0.1, -0.05) is 12.1 Å². The first-order valence-electron chi connectivity index (χ1n) is 5.38. The SMILES string of the molecule is Cc1nc2ccccc2n1CCOCCCl. The summed E-state index contributed by atoms with van der Waals surface area (Å²) in [4.78, 5) is 4.49. The number of hydrogen-bond acceptors (Lipinski definition) is 2. The van der Waals surface area contributed by atoms with E-state index < -0.39 is 0 Å². The van der Waals surface area contributed by atoms with Crippen molar-refractivity contribution in [3.8, 4) is 0 Å². The van der Waals surface area contributed by atoms with Crippen molar-refractivity contribution in [2.24, 2.45) is 0 Å². The number of imidazole rings is 1. The average Bonchev–Trinajstić information content (AvgIpc) is 2.61. The number of para-hydroxylation sites is 2. The lowest BCUT2D eigenvalue weighted by molar-refractivity contribution is 0.141. The molecule has 3 nitrogen and oxygen atoms in total. The summed E-state index contributed by atoms with van der Waals surface area (Å²) in [6.07, 6.45) is 0. The van der Waals surface area contributed by atoms with Gasteiger partial charge in [0.15, 0.2) is 0 Å². The summed E-state index contributed by atoms with van der Waals surface area (Å²) < 4.78 is 7.55. The molecule has 0 saturated heterocycles. The predicted molar refractivity (Wildman–Crippen MR) is 66.0 cm³/mol. The fourth-order valence-electron chi connectivity index (χ4n) is 1.79. The van der Waals surface area contributed by atoms with Gasteiger partial charge in [-0.05, 0) is 19.1 Å². The highest BCUT2D eigenvalue weighted by Crippen LogP contribution is 2.14. The zero-order chi connectivity index (χ0) is 11.4. The molecule has 2 aromatic rings. The molecule has 0 unspecified atom stereocenters. The van der Waals surface area contributed by atoms with Crippen molar-refractivity contribution >= 4 is 22.6 Å². The van der Waals surface area contributed by atoms with E-state index in [0.717, 1.165) is 23.4 Å². The fourth-order valence-corrected chi connectivity index (χ4v) is 1.90. The van der Waals surface area contributed by atoms with E-state index in [4.69, 9.17) is 16.3 Å². The lowest BCUT2D eigenvalue weighted by Crippen LogP contribution is -2.08. The van der Waals surface area contributed by atoms with E-state index in [0.29, 0.717) is 19.1 Å². The highest BCUT2D eigenvalue weighted by Gasteiger charge is 2.05. The Labute approximate surface area is 100.0 Å². The van der Waals surface area contributed by atoms with Gasteiger partial charge in [0.2, 0.25) is 0 Å². The van der Waals surface area contributed by atoms with Gasteiger partial charge in [-0.2, -0.15) is 0 Å². The number of rotatable bonds is 5. The van der Waals surface area contributed by atoms with Crippen LogP contribution in [0, 0.1) is 6.92 Å². The minimum atomic E-state index is 0.545. The standard InChI is InChI=1S/C12H15ClN2O/c1-10-14-11-4-2-3-5-12(11)15(10)7-9-16-8-6-13/h2-5H,6-9H2,1H3. The second-order valence-electron chi connectivity index (χ2n) is 3.60. The van der Waals surface area contributed by atoms with Crippen LogP contribution in [0.25, 0.3) is 11.0 Å². The zero-order valence-electron chi connectivity index (χ0n) is 9.32. The molecule has 0 fully saturated rings. The summed E-state index contributed by atoms with van der Waals surface area (Å²) in [5.41, 5.74) is 2.20. The molecule has 0 aliphatic carbocycles. The molecular formula is C12H15ClN2O. The van der Waals surface area contributed by atoms with E-state index in [1.165, 1.54) is 0 Å². The van der Waals surface area contributed by atoms with Crippen molar-refractivity contribution < 1.29 is 4.74 Å². The Balaban J connectivity index is 2.13. The number of aryl methyl sites for hydroxylation is 1. The smallest absolute Gasteiger partial charge is 0.106 e. The normalized spacial score (nSPS) is 11.1. The first-order chi connectivity index (χ1) is 7.83. The number of hydrogen-bond donors (Lipinski definition) is 0. The van der Waals surface area contributed by atoms with Gasteiger partial charge in [0.05, 0.1) is 24.2 Å². The molecule has 86 valence electrons. The molecule has 16 heavy (non-hydrogen) atoms. The molecule has 0 bridgehead atoms. The molecule has 2 rings (SSSR count). The number of aromatic nitrogens is 2. The van der Waals surface area contributed by atoms with Gasteiger partial charge in [-0.3, -0.25) is 0 Å². The number of nitrogens with zero attached hydrogens (tertiary/aromatic N) is 2. The molecule has 0 saturated carbocycles. The van der Waals surface area contributed by atoms with Crippen LogP contribution in [-0.4, -0.2) is 28.6 Å². The van der Waals surface area contributed by atoms with Crippen molar-refractivity contribution in [1.29, 1.82) is 0 Å². The number of ether oxygens (including phenoxy) is 1. The molecule has 1 aromatic carbocycles. The maximum Gasteiger partial charge on any atom is 0.106 e. The van der Waals surface area contributed by atoms with Crippen LogP contribution in [0.4, 0.5) is 0 Å². The Morgan fingerprint density at radius 2 is 2.12 bits per heavy atom. The van der Waals surface area contributed by atoms with Crippen molar-refractivity contribution in [2.45, 2.75) is 13.5 Å². The van der Waals surface area contributed by atoms with Gasteiger partial charge in [0.25, 0.3) is 0 Å². The first kappa shape index (κ1) is 11.4. The van der Waals surface area contributed by atoms with E-state index in [9.17, 15) is 0 Å². The quantitative estimate of drug-likeness (QED) is 0.592. The Hall–Kier alpha value is -1.06. The van der Waals surface area contributed by atoms with Crippen LogP contribution in [0.3, 0.4) is 0 Å². The summed E-state index contributed by atoms with van der Waals surface area (Å²) in [7, 11) is 0. The predicted octanol–water partition coefficient (Wildman–Crippen LogP) is 2.60. The second kappa shape index (κ2) is 5.32. The zero-order valence-corrected chi connectivity index (χ0v) is 10.1. The monoisotopic (exact) mass is 238 g/mol. The maximum atomic E-state index is 5.54. The van der Waals surface area contributed by atoms with E-state index >= 15 is 0 Å². The maximum absolute atomic E-state index is 5.54. The van der Waals surface area contributed by atoms with E-state index in [2.05, 4.69) is 15.6 Å². The molecule has 0 aliphatic heterocycles. The molecule has 0 radical (unpaired) electrons. The summed E-state index contributed by atoms with van der Waals surface area (Å²) in [6.45, 7) is 4.12. The molecule has 1 heterocycles. The van der Waals surface area contributed by atoms with Gasteiger partial charge >= 0.3 is 0 Å². The Morgan fingerprint density at radius 3 is 2.94 bits per heavy atom. The Bertz CT molecular complexity index is 467. The Morgan fingerprint density at radius 1 is 1.31 bits per heavy atom. The molecule has 1 aromatic heterocycles. The number of halogens is 1. The van der Waals surface area contributed by atoms with E-state index in [-0.39, 0.29) is 0 Å². The molecule has 0 N–H and O–H groups in total. The molecule has 0 atom stereocenters. The molecule has 4 heteroatoms. The van der Waals surface area contributed by atoms with Crippen molar-refractivity contribution in [2.75, 3.05) is 19.1 Å². The summed E-state index contributed by atoms with van der Waals surface area (Å²) in [5, 5.41) is 0. The van der Waals surface area contributed by atoms with Gasteiger partial charge in [0, 0.05) is 12.4 Å². The van der Waals surface area contributed by atoms with Crippen molar-refractivity contribution in [1.82, 2.24) is 9.55 Å². The van der Waals surface area contributed by atoms with Crippen LogP contribution >= 0.6 is 11.6 Å². The van der Waals surface area contributed by atoms with E-state index in [1.54, 1.807) is 0 Å². The lowest BCUT2D eigenvalue weighted by Gasteiger charge is -2.06. The second-order valence-corrected chi connectivity index (χ2v) is 3.98. The van der Waals surface area contributed by atoms with Crippen LogP contribution in [0.5, 0.6) is 0 Å². The summed E-state index contributed by atoms with van der Waals surface area (Å²) in [5.74, 6) is 1.57. The third kappa shape index (κ3) is 2.36. The topological polar surface area (TPSA) is 27.1 Å². The van der Waals surface area contributed by atoms with Crippen LogP contribution in [0.1, 0.15) is 5.82 Å². The summed E-state index contributed by atoms with van der Waals surface area (Å²) >= 11 is 5.54. The lowest BCUT2D eigenvalue weighted by atomic mass is 10.3. The minimum Gasteiger partial charge on any atom is -0.378 e. The minimum absolute atomic E-state index is 0.545. The third-order valence-corrected chi connectivity index (χ3v) is 2.68. The van der Waals surface area contributed by atoms with Gasteiger partial charge < -0.3 is 9.30 Å². The fraction of sp³-hybridized carbons (Fsp3) is 0.417. The highest BCUT2D eigenvalue weighted by atomic mass is 35.5. The molecule has 0 spiro atoms. The Kier molecular flexibility index (Phi) is 3.80. The van der Waals surface area contributed by atoms with Crippen molar-refractivity contribution in [3.05, 3.63) is 30.1 Å². The number of fused-ring (bicyclic) bond motifs is 1. The molecular weight excluding hydrogens is 224 g/mol. The van der Waals surface area contributed by atoms with Crippen LogP contribution in [-0.2, 0) is 11.3 Å². The summed E-state index contributed by atoms with van der Waals surface area (Å²) in [6, 6.07) is 8.14. The van der Waals surface area contributed by atoms with Gasteiger partial charge in [0.1, 0.15) is 5.82 Å². The van der Waals surface area contributed by atoms with Crippen LogP contribution in [0.2, 0.25) is 0 Å². The number of benzene rings is 1. The first-order valence-corrected chi connectivity index (χ1v) is 5.92.